The highest BCUT2D eigenvalue weighted by Gasteiger charge is 2.23. The maximum absolute atomic E-state index is 13.1. The molecule has 1 aliphatic heterocycles. The second-order valence-electron chi connectivity index (χ2n) is 10.1. The lowest BCUT2D eigenvalue weighted by molar-refractivity contribution is -0.116. The first-order valence-corrected chi connectivity index (χ1v) is 15.0. The van der Waals surface area contributed by atoms with Gasteiger partial charge in [-0.05, 0) is 87.2 Å². The number of hydrogen-bond donors (Lipinski definition) is 1. The highest BCUT2D eigenvalue weighted by molar-refractivity contribution is 7.82. The summed E-state index contributed by atoms with van der Waals surface area (Å²) in [5, 5.41) is 3.58. The third-order valence-corrected chi connectivity index (χ3v) is 9.42. The Hall–Kier alpha value is -2.13. The van der Waals surface area contributed by atoms with Gasteiger partial charge >= 0.3 is 0 Å². The fraction of sp³-hybridized carbons (Fsp3) is 0.552. The maximum Gasteiger partial charge on any atom is 0.225 e. The highest BCUT2D eigenvalue weighted by Crippen LogP contribution is 2.32. The first-order chi connectivity index (χ1) is 18.2. The summed E-state index contributed by atoms with van der Waals surface area (Å²) in [6, 6.07) is 9.49. The van der Waals surface area contributed by atoms with Crippen LogP contribution in [0.4, 0.5) is 11.4 Å². The minimum Gasteiger partial charge on any atom is -0.497 e. The van der Waals surface area contributed by atoms with Gasteiger partial charge < -0.3 is 19.9 Å². The number of benzene rings is 2. The Morgan fingerprint density at radius 1 is 1.13 bits per heavy atom. The second-order valence-corrected chi connectivity index (χ2v) is 12.0. The molecular weight excluding hydrogens is 520 g/mol. The first-order valence-electron chi connectivity index (χ1n) is 13.5. The van der Waals surface area contributed by atoms with E-state index in [0.29, 0.717) is 17.3 Å². The predicted octanol–water partition coefficient (Wildman–Crippen LogP) is 5.51. The molecule has 3 rings (SSSR count). The number of hydrogen-bond acceptors (Lipinski definition) is 5. The molecular formula is C29H43ClN4O3S. The Labute approximate surface area is 236 Å². The van der Waals surface area contributed by atoms with Crippen molar-refractivity contribution in [3.8, 4) is 5.75 Å². The van der Waals surface area contributed by atoms with Crippen molar-refractivity contribution in [1.82, 2.24) is 9.21 Å². The predicted molar refractivity (Wildman–Crippen MR) is 159 cm³/mol. The third kappa shape index (κ3) is 7.94. The smallest absolute Gasteiger partial charge is 0.225 e. The topological polar surface area (TPSA) is 65.1 Å². The molecule has 210 valence electrons. The number of nitrogens with one attached hydrogen (secondary N) is 1. The van der Waals surface area contributed by atoms with Gasteiger partial charge in [-0.2, -0.15) is 0 Å². The molecule has 0 aromatic heterocycles. The monoisotopic (exact) mass is 562 g/mol. The largest absolute Gasteiger partial charge is 0.497 e. The quantitative estimate of drug-likeness (QED) is 0.370. The molecule has 1 unspecified atom stereocenters. The summed E-state index contributed by atoms with van der Waals surface area (Å²) < 4.78 is 20.1. The summed E-state index contributed by atoms with van der Waals surface area (Å²) >= 11 is 6.64. The standard InChI is InChI=1S/C29H43ClN4O3S/c1-7-33(8-2)20-23-11-15-34(16-12-23)27-10-9-24(19-26(27)30)31-28(35)13-14-32(5)38(36)29-21(3)17-25(37-6)18-22(29)4/h9-10,17-19,23H,7-8,11-16,20H2,1-6H3,(H,31,35). The van der Waals surface area contributed by atoms with E-state index in [1.807, 2.05) is 44.2 Å². The number of carbonyl (C=O) groups is 1. The van der Waals surface area contributed by atoms with Gasteiger partial charge in [0.15, 0.2) is 0 Å². The number of amides is 1. The lowest BCUT2D eigenvalue weighted by Gasteiger charge is -2.36. The number of methoxy groups -OCH3 is 1. The second kappa shape index (κ2) is 14.3. The highest BCUT2D eigenvalue weighted by atomic mass is 35.5. The molecule has 0 saturated carbocycles. The Kier molecular flexibility index (Phi) is 11.5. The van der Waals surface area contributed by atoms with Crippen LogP contribution < -0.4 is 15.0 Å². The molecule has 0 aliphatic carbocycles. The van der Waals surface area contributed by atoms with Gasteiger partial charge in [0, 0.05) is 45.3 Å². The van der Waals surface area contributed by atoms with Crippen LogP contribution in [0.3, 0.4) is 0 Å². The van der Waals surface area contributed by atoms with Gasteiger partial charge in [0.2, 0.25) is 5.91 Å². The van der Waals surface area contributed by atoms with Crippen LogP contribution in [0.25, 0.3) is 0 Å². The van der Waals surface area contributed by atoms with Crippen LogP contribution >= 0.6 is 11.6 Å². The minimum absolute atomic E-state index is 0.141. The van der Waals surface area contributed by atoms with Crippen LogP contribution in [0.5, 0.6) is 5.75 Å². The molecule has 38 heavy (non-hydrogen) atoms. The molecule has 2 aromatic rings. The number of aryl methyl sites for hydroxylation is 2. The van der Waals surface area contributed by atoms with Gasteiger partial charge in [-0.25, -0.2) is 8.51 Å². The molecule has 7 nitrogen and oxygen atoms in total. The van der Waals surface area contributed by atoms with Crippen LogP contribution in [-0.4, -0.2) is 72.7 Å². The van der Waals surface area contributed by atoms with Crippen molar-refractivity contribution in [2.24, 2.45) is 5.92 Å². The van der Waals surface area contributed by atoms with E-state index < -0.39 is 11.0 Å². The van der Waals surface area contributed by atoms with Gasteiger partial charge in [0.25, 0.3) is 0 Å². The molecule has 0 bridgehead atoms. The van der Waals surface area contributed by atoms with E-state index in [9.17, 15) is 9.00 Å². The Morgan fingerprint density at radius 2 is 1.76 bits per heavy atom. The van der Waals surface area contributed by atoms with Crippen molar-refractivity contribution in [2.45, 2.75) is 51.9 Å². The van der Waals surface area contributed by atoms with Crippen molar-refractivity contribution in [1.29, 1.82) is 0 Å². The summed E-state index contributed by atoms with van der Waals surface area (Å²) in [4.78, 5) is 18.3. The number of ether oxygens (including phenoxy) is 1. The van der Waals surface area contributed by atoms with Gasteiger partial charge in [0.1, 0.15) is 16.7 Å². The van der Waals surface area contributed by atoms with E-state index >= 15 is 0 Å². The SMILES string of the molecule is CCN(CC)CC1CCN(c2ccc(NC(=O)CCN(C)S(=O)c3c(C)cc(OC)cc3C)cc2Cl)CC1. The fourth-order valence-electron chi connectivity index (χ4n) is 5.07. The van der Waals surface area contributed by atoms with Crippen molar-refractivity contribution in [3.63, 3.8) is 0 Å². The van der Waals surface area contributed by atoms with E-state index in [4.69, 9.17) is 16.3 Å². The van der Waals surface area contributed by atoms with Crippen LogP contribution in [-0.2, 0) is 15.8 Å². The molecule has 1 amide bonds. The maximum atomic E-state index is 13.1. The third-order valence-electron chi connectivity index (χ3n) is 7.38. The van der Waals surface area contributed by atoms with Crippen LogP contribution in [0.15, 0.2) is 35.2 Å². The lowest BCUT2D eigenvalue weighted by atomic mass is 9.95. The van der Waals surface area contributed by atoms with E-state index in [1.165, 1.54) is 6.54 Å². The van der Waals surface area contributed by atoms with E-state index in [1.54, 1.807) is 18.5 Å². The lowest BCUT2D eigenvalue weighted by Crippen LogP contribution is -2.38. The van der Waals surface area contributed by atoms with Crippen LogP contribution in [0, 0.1) is 19.8 Å². The molecule has 0 radical (unpaired) electrons. The number of nitrogens with zero attached hydrogens (tertiary/aromatic N) is 3. The molecule has 1 heterocycles. The Balaban J connectivity index is 1.51. The summed E-state index contributed by atoms with van der Waals surface area (Å²) in [6.07, 6.45) is 2.54. The zero-order valence-corrected chi connectivity index (χ0v) is 25.3. The molecule has 9 heteroatoms. The van der Waals surface area contributed by atoms with Crippen molar-refractivity contribution in [3.05, 3.63) is 46.5 Å². The van der Waals surface area contributed by atoms with Gasteiger partial charge in [0.05, 0.1) is 22.7 Å². The number of halogens is 1. The summed E-state index contributed by atoms with van der Waals surface area (Å²) in [5.74, 6) is 1.33. The Morgan fingerprint density at radius 3 is 2.32 bits per heavy atom. The molecule has 1 fully saturated rings. The average molecular weight is 563 g/mol. The molecule has 1 atom stereocenters. The molecule has 1 N–H and O–H groups in total. The molecule has 0 spiro atoms. The van der Waals surface area contributed by atoms with E-state index in [0.717, 1.165) is 72.4 Å². The number of rotatable bonds is 12. The normalized spacial score (nSPS) is 15.2. The summed E-state index contributed by atoms with van der Waals surface area (Å²) in [7, 11) is 2.01. The van der Waals surface area contributed by atoms with Crippen molar-refractivity contribution >= 4 is 39.9 Å². The Bertz CT molecular complexity index is 1090. The zero-order valence-electron chi connectivity index (χ0n) is 23.7. The number of piperidine rings is 1. The zero-order chi connectivity index (χ0) is 27.8. The van der Waals surface area contributed by atoms with Gasteiger partial charge in [-0.3, -0.25) is 4.79 Å². The van der Waals surface area contributed by atoms with E-state index in [2.05, 4.69) is 29.0 Å². The van der Waals surface area contributed by atoms with Crippen LogP contribution in [0.2, 0.25) is 5.02 Å². The van der Waals surface area contributed by atoms with Gasteiger partial charge in [-0.1, -0.05) is 25.4 Å². The first kappa shape index (κ1) is 30.4. The van der Waals surface area contributed by atoms with Crippen molar-refractivity contribution < 1.29 is 13.7 Å². The fourth-order valence-corrected chi connectivity index (χ4v) is 6.61. The van der Waals surface area contributed by atoms with Gasteiger partial charge in [-0.15, -0.1) is 0 Å². The van der Waals surface area contributed by atoms with Crippen molar-refractivity contribution in [2.75, 3.05) is 63.6 Å². The van der Waals surface area contributed by atoms with E-state index in [-0.39, 0.29) is 12.3 Å². The van der Waals surface area contributed by atoms with Crippen LogP contribution in [0.1, 0.15) is 44.2 Å². The number of anilines is 2. The molecule has 2 aromatic carbocycles. The summed E-state index contributed by atoms with van der Waals surface area (Å²) in [6.45, 7) is 14.0. The number of carbonyl (C=O) groups excluding carboxylic acids is 1. The molecule has 1 aliphatic rings. The average Bonchev–Trinajstić information content (AvgIpc) is 2.90. The molecule has 1 saturated heterocycles. The minimum atomic E-state index is -1.37. The summed E-state index contributed by atoms with van der Waals surface area (Å²) in [5.41, 5.74) is 3.50.